The highest BCUT2D eigenvalue weighted by atomic mass is 16.5. The molecule has 152 valence electrons. The number of hydrogen-bond donors (Lipinski definition) is 3. The Balaban J connectivity index is 1.48. The molecule has 1 fully saturated rings. The molecule has 29 heavy (non-hydrogen) atoms. The van der Waals surface area contributed by atoms with Gasteiger partial charge in [-0.3, -0.25) is 9.59 Å². The summed E-state index contributed by atoms with van der Waals surface area (Å²) in [4.78, 5) is 37.3. The quantitative estimate of drug-likeness (QED) is 0.651. The van der Waals surface area contributed by atoms with Crippen LogP contribution >= 0.6 is 0 Å². The summed E-state index contributed by atoms with van der Waals surface area (Å²) in [5, 5.41) is 8.75. The van der Waals surface area contributed by atoms with Crippen molar-refractivity contribution in [1.29, 1.82) is 0 Å². The molecule has 1 heterocycles. The van der Waals surface area contributed by atoms with Crippen LogP contribution in [0.25, 0.3) is 0 Å². The summed E-state index contributed by atoms with van der Waals surface area (Å²) < 4.78 is 4.48. The molecule has 0 saturated carbocycles. The summed E-state index contributed by atoms with van der Waals surface area (Å²) in [6.07, 6.45) is 0.877. The zero-order valence-electron chi connectivity index (χ0n) is 16.2. The van der Waals surface area contributed by atoms with Gasteiger partial charge in [-0.25, -0.2) is 4.79 Å². The van der Waals surface area contributed by atoms with Gasteiger partial charge in [0.25, 0.3) is 5.91 Å². The highest BCUT2D eigenvalue weighted by Gasteiger charge is 2.26. The summed E-state index contributed by atoms with van der Waals surface area (Å²) in [6, 6.07) is 16.4. The molecule has 3 N–H and O–H groups in total. The minimum Gasteiger partial charge on any atom is -0.468 e. The molecule has 2 aromatic rings. The third kappa shape index (κ3) is 5.71. The fourth-order valence-corrected chi connectivity index (χ4v) is 3.07. The number of para-hydroxylation sites is 1. The number of ether oxygens (including phenoxy) is 1. The van der Waals surface area contributed by atoms with Gasteiger partial charge in [0.2, 0.25) is 0 Å². The van der Waals surface area contributed by atoms with Crippen molar-refractivity contribution >= 4 is 29.3 Å². The lowest BCUT2D eigenvalue weighted by molar-refractivity contribution is -0.139. The summed E-state index contributed by atoms with van der Waals surface area (Å²) in [5.74, 6) is -0.907. The smallest absolute Gasteiger partial charge is 0.325 e. The standard InChI is InChI=1S/C21H24N4O4/c1-29-19(26)13-22-20(27)15-7-9-17(10-8-15)24-21(28)25-12-11-18(14-25)23-16-5-3-2-4-6-16/h2-10,18,23H,11-14H2,1H3,(H,22,27)(H,24,28)/t18-/m1/s1. The van der Waals surface area contributed by atoms with Crippen LogP contribution in [-0.2, 0) is 9.53 Å². The lowest BCUT2D eigenvalue weighted by atomic mass is 10.2. The molecule has 0 unspecified atom stereocenters. The summed E-state index contributed by atoms with van der Waals surface area (Å²) in [7, 11) is 1.26. The number of methoxy groups -OCH3 is 1. The fourth-order valence-electron chi connectivity index (χ4n) is 3.07. The Kier molecular flexibility index (Phi) is 6.67. The van der Waals surface area contributed by atoms with Crippen LogP contribution in [0.2, 0.25) is 0 Å². The zero-order valence-corrected chi connectivity index (χ0v) is 16.2. The number of esters is 1. The normalized spacial score (nSPS) is 15.5. The number of nitrogens with zero attached hydrogens (tertiary/aromatic N) is 1. The Bertz CT molecular complexity index is 855. The van der Waals surface area contributed by atoms with Crippen molar-refractivity contribution in [2.24, 2.45) is 0 Å². The molecular formula is C21H24N4O4. The van der Waals surface area contributed by atoms with E-state index in [-0.39, 0.29) is 24.5 Å². The van der Waals surface area contributed by atoms with E-state index in [0.717, 1.165) is 12.1 Å². The second-order valence-corrected chi connectivity index (χ2v) is 6.71. The van der Waals surface area contributed by atoms with Gasteiger partial charge in [-0.15, -0.1) is 0 Å². The second kappa shape index (κ2) is 9.59. The highest BCUT2D eigenvalue weighted by molar-refractivity contribution is 5.97. The molecule has 1 atom stereocenters. The predicted octanol–water partition coefficient (Wildman–Crippen LogP) is 2.31. The van der Waals surface area contributed by atoms with Gasteiger partial charge in [0.05, 0.1) is 7.11 Å². The van der Waals surface area contributed by atoms with E-state index < -0.39 is 5.97 Å². The molecular weight excluding hydrogens is 372 g/mol. The molecule has 0 spiro atoms. The Morgan fingerprint density at radius 1 is 1.03 bits per heavy atom. The van der Waals surface area contributed by atoms with Crippen LogP contribution in [0, 0.1) is 0 Å². The number of amides is 3. The largest absolute Gasteiger partial charge is 0.468 e. The highest BCUT2D eigenvalue weighted by Crippen LogP contribution is 2.17. The van der Waals surface area contributed by atoms with Gasteiger partial charge < -0.3 is 25.6 Å². The van der Waals surface area contributed by atoms with E-state index in [0.29, 0.717) is 24.3 Å². The van der Waals surface area contributed by atoms with Gasteiger partial charge in [0.1, 0.15) is 6.54 Å². The van der Waals surface area contributed by atoms with Gasteiger partial charge in [-0.1, -0.05) is 18.2 Å². The maximum atomic E-state index is 12.5. The minimum atomic E-state index is -0.520. The fraction of sp³-hybridized carbons (Fsp3) is 0.286. The average molecular weight is 396 g/mol. The summed E-state index contributed by atoms with van der Waals surface area (Å²) >= 11 is 0. The Morgan fingerprint density at radius 2 is 1.76 bits per heavy atom. The first-order chi connectivity index (χ1) is 14.0. The van der Waals surface area contributed by atoms with Crippen molar-refractivity contribution in [1.82, 2.24) is 10.2 Å². The molecule has 0 radical (unpaired) electrons. The maximum absolute atomic E-state index is 12.5. The van der Waals surface area contributed by atoms with Crippen LogP contribution in [0.1, 0.15) is 16.8 Å². The Labute approximate surface area is 169 Å². The van der Waals surface area contributed by atoms with Gasteiger partial charge in [0.15, 0.2) is 0 Å². The number of benzene rings is 2. The van der Waals surface area contributed by atoms with Gasteiger partial charge >= 0.3 is 12.0 Å². The van der Waals surface area contributed by atoms with Crippen molar-refractivity contribution in [2.45, 2.75) is 12.5 Å². The number of carbonyl (C=O) groups excluding carboxylic acids is 3. The van der Waals surface area contributed by atoms with Crippen LogP contribution in [0.5, 0.6) is 0 Å². The Hall–Kier alpha value is -3.55. The number of carbonyl (C=O) groups is 3. The van der Waals surface area contributed by atoms with Crippen LogP contribution in [0.15, 0.2) is 54.6 Å². The second-order valence-electron chi connectivity index (χ2n) is 6.71. The van der Waals surface area contributed by atoms with Crippen molar-refractivity contribution in [3.8, 4) is 0 Å². The molecule has 0 bridgehead atoms. The van der Waals surface area contributed by atoms with Crippen LogP contribution < -0.4 is 16.0 Å². The van der Waals surface area contributed by atoms with Crippen molar-refractivity contribution in [2.75, 3.05) is 37.4 Å². The lowest BCUT2D eigenvalue weighted by Gasteiger charge is -2.18. The van der Waals surface area contributed by atoms with E-state index in [1.54, 1.807) is 29.2 Å². The molecule has 8 heteroatoms. The number of nitrogens with one attached hydrogen (secondary N) is 3. The number of urea groups is 1. The Morgan fingerprint density at radius 3 is 2.45 bits per heavy atom. The number of rotatable bonds is 6. The molecule has 0 aliphatic carbocycles. The number of hydrogen-bond acceptors (Lipinski definition) is 5. The molecule has 1 saturated heterocycles. The third-order valence-corrected chi connectivity index (χ3v) is 4.64. The van der Waals surface area contributed by atoms with E-state index in [1.165, 1.54) is 7.11 Å². The zero-order chi connectivity index (χ0) is 20.6. The first kappa shape index (κ1) is 20.2. The van der Waals surface area contributed by atoms with Gasteiger partial charge in [-0.2, -0.15) is 0 Å². The first-order valence-corrected chi connectivity index (χ1v) is 9.38. The molecule has 3 rings (SSSR count). The molecule has 3 amide bonds. The molecule has 0 aromatic heterocycles. The van der Waals surface area contributed by atoms with Crippen LogP contribution in [0.4, 0.5) is 16.2 Å². The van der Waals surface area contributed by atoms with E-state index in [2.05, 4.69) is 20.7 Å². The van der Waals surface area contributed by atoms with Gasteiger partial charge in [-0.05, 0) is 42.8 Å². The SMILES string of the molecule is COC(=O)CNC(=O)c1ccc(NC(=O)N2CC[C@@H](Nc3ccccc3)C2)cc1. The van der Waals surface area contributed by atoms with Crippen molar-refractivity contribution in [3.05, 3.63) is 60.2 Å². The summed E-state index contributed by atoms with van der Waals surface area (Å²) in [5.41, 5.74) is 2.03. The molecule has 2 aromatic carbocycles. The number of likely N-dealkylation sites (tertiary alicyclic amines) is 1. The average Bonchev–Trinajstić information content (AvgIpc) is 3.21. The minimum absolute atomic E-state index is 0.176. The molecule has 8 nitrogen and oxygen atoms in total. The van der Waals surface area contributed by atoms with E-state index in [4.69, 9.17) is 0 Å². The maximum Gasteiger partial charge on any atom is 0.325 e. The van der Waals surface area contributed by atoms with Crippen molar-refractivity contribution in [3.63, 3.8) is 0 Å². The number of anilines is 2. The van der Waals surface area contributed by atoms with Gasteiger partial charge in [0, 0.05) is 36.1 Å². The van der Waals surface area contributed by atoms with Crippen LogP contribution in [0.3, 0.4) is 0 Å². The molecule has 1 aliphatic rings. The van der Waals surface area contributed by atoms with E-state index >= 15 is 0 Å². The lowest BCUT2D eigenvalue weighted by Crippen LogP contribution is -2.35. The topological polar surface area (TPSA) is 99.8 Å². The summed E-state index contributed by atoms with van der Waals surface area (Å²) in [6.45, 7) is 1.10. The monoisotopic (exact) mass is 396 g/mol. The molecule has 1 aliphatic heterocycles. The predicted molar refractivity (Wildman–Crippen MR) is 110 cm³/mol. The first-order valence-electron chi connectivity index (χ1n) is 9.38. The van der Waals surface area contributed by atoms with E-state index in [9.17, 15) is 14.4 Å². The van der Waals surface area contributed by atoms with Crippen LogP contribution in [-0.4, -0.2) is 55.6 Å². The van der Waals surface area contributed by atoms with Crippen molar-refractivity contribution < 1.29 is 19.1 Å². The van der Waals surface area contributed by atoms with E-state index in [1.807, 2.05) is 30.3 Å². The third-order valence-electron chi connectivity index (χ3n) is 4.64.